The molecule has 1 heterocycles. The quantitative estimate of drug-likeness (QED) is 0.796. The van der Waals surface area contributed by atoms with Gasteiger partial charge in [-0.2, -0.15) is 5.10 Å². The van der Waals surface area contributed by atoms with E-state index in [1.165, 1.54) is 6.33 Å². The molecular formula is C13H17N5O. The molecule has 0 fully saturated rings. The van der Waals surface area contributed by atoms with E-state index < -0.39 is 0 Å². The van der Waals surface area contributed by atoms with Crippen molar-refractivity contribution in [2.24, 2.45) is 5.73 Å². The fourth-order valence-corrected chi connectivity index (χ4v) is 1.70. The van der Waals surface area contributed by atoms with Crippen molar-refractivity contribution in [1.29, 1.82) is 0 Å². The van der Waals surface area contributed by atoms with Crippen LogP contribution in [0.5, 0.6) is 0 Å². The van der Waals surface area contributed by atoms with Gasteiger partial charge < -0.3 is 11.1 Å². The Labute approximate surface area is 111 Å². The Kier molecular flexibility index (Phi) is 4.63. The zero-order valence-corrected chi connectivity index (χ0v) is 10.6. The molecule has 0 bridgehead atoms. The Hall–Kier alpha value is -2.21. The van der Waals surface area contributed by atoms with E-state index in [0.29, 0.717) is 25.9 Å². The average molecular weight is 259 g/mol. The van der Waals surface area contributed by atoms with Crippen molar-refractivity contribution in [1.82, 2.24) is 20.1 Å². The van der Waals surface area contributed by atoms with Gasteiger partial charge in [-0.15, -0.1) is 0 Å². The van der Waals surface area contributed by atoms with Gasteiger partial charge in [-0.3, -0.25) is 4.79 Å². The summed E-state index contributed by atoms with van der Waals surface area (Å²) < 4.78 is 1.68. The van der Waals surface area contributed by atoms with E-state index in [-0.39, 0.29) is 5.91 Å². The molecular weight excluding hydrogens is 242 g/mol. The highest BCUT2D eigenvalue weighted by Crippen LogP contribution is 2.08. The Morgan fingerprint density at radius 3 is 3.05 bits per heavy atom. The molecule has 0 unspecified atom stereocenters. The molecule has 19 heavy (non-hydrogen) atoms. The lowest BCUT2D eigenvalue weighted by Crippen LogP contribution is -2.23. The molecule has 0 aliphatic heterocycles. The summed E-state index contributed by atoms with van der Waals surface area (Å²) in [6.07, 6.45) is 4.31. The second kappa shape index (κ2) is 6.65. The molecule has 0 atom stereocenters. The van der Waals surface area contributed by atoms with Gasteiger partial charge in [0.2, 0.25) is 5.91 Å². The maximum Gasteiger partial charge on any atom is 0.220 e. The van der Waals surface area contributed by atoms with E-state index >= 15 is 0 Å². The van der Waals surface area contributed by atoms with Gasteiger partial charge in [0.25, 0.3) is 0 Å². The minimum Gasteiger partial charge on any atom is -0.352 e. The molecule has 0 aliphatic rings. The summed E-state index contributed by atoms with van der Waals surface area (Å²) in [6.45, 7) is 1.04. The maximum absolute atomic E-state index is 11.5. The predicted molar refractivity (Wildman–Crippen MR) is 71.5 cm³/mol. The lowest BCUT2D eigenvalue weighted by atomic mass is 10.2. The summed E-state index contributed by atoms with van der Waals surface area (Å²) >= 11 is 0. The van der Waals surface area contributed by atoms with E-state index in [4.69, 9.17) is 5.73 Å². The summed E-state index contributed by atoms with van der Waals surface area (Å²) in [7, 11) is 0. The number of hydrogen-bond acceptors (Lipinski definition) is 4. The first-order valence-electron chi connectivity index (χ1n) is 6.20. The lowest BCUT2D eigenvalue weighted by Gasteiger charge is -2.07. The molecule has 0 aliphatic carbocycles. The Morgan fingerprint density at radius 2 is 2.32 bits per heavy atom. The molecule has 0 saturated carbocycles. The summed E-state index contributed by atoms with van der Waals surface area (Å²) in [5.41, 5.74) is 7.31. The normalized spacial score (nSPS) is 10.4. The van der Waals surface area contributed by atoms with Crippen molar-refractivity contribution >= 4 is 5.91 Å². The average Bonchev–Trinajstić information content (AvgIpc) is 2.97. The minimum absolute atomic E-state index is 0.0246. The number of amides is 1. The fraction of sp³-hybridized carbons (Fsp3) is 0.308. The van der Waals surface area contributed by atoms with Crippen molar-refractivity contribution in [2.75, 3.05) is 6.54 Å². The van der Waals surface area contributed by atoms with E-state index in [1.807, 2.05) is 24.3 Å². The highest BCUT2D eigenvalue weighted by atomic mass is 16.1. The molecule has 0 radical (unpaired) electrons. The Morgan fingerprint density at radius 1 is 1.42 bits per heavy atom. The van der Waals surface area contributed by atoms with Gasteiger partial charge in [0, 0.05) is 13.0 Å². The van der Waals surface area contributed by atoms with Gasteiger partial charge in [-0.25, -0.2) is 9.67 Å². The van der Waals surface area contributed by atoms with Gasteiger partial charge in [0.15, 0.2) is 0 Å². The number of rotatable bonds is 6. The highest BCUT2D eigenvalue weighted by molar-refractivity contribution is 5.75. The van der Waals surface area contributed by atoms with Crippen molar-refractivity contribution < 1.29 is 4.79 Å². The van der Waals surface area contributed by atoms with Crippen LogP contribution < -0.4 is 11.1 Å². The zero-order valence-electron chi connectivity index (χ0n) is 10.6. The van der Waals surface area contributed by atoms with E-state index in [1.54, 1.807) is 11.0 Å². The first kappa shape index (κ1) is 13.2. The molecule has 0 spiro atoms. The number of nitrogens with zero attached hydrogens (tertiary/aromatic N) is 3. The van der Waals surface area contributed by atoms with Crippen LogP contribution in [0.4, 0.5) is 0 Å². The number of aromatic nitrogens is 3. The predicted octanol–water partition coefficient (Wildman–Crippen LogP) is 0.622. The molecule has 1 amide bonds. The molecule has 0 saturated heterocycles. The zero-order chi connectivity index (χ0) is 13.5. The fourth-order valence-electron chi connectivity index (χ4n) is 1.70. The van der Waals surface area contributed by atoms with Crippen LogP contribution in [-0.2, 0) is 11.3 Å². The topological polar surface area (TPSA) is 85.8 Å². The lowest BCUT2D eigenvalue weighted by molar-refractivity contribution is -0.121. The summed E-state index contributed by atoms with van der Waals surface area (Å²) in [4.78, 5) is 15.4. The summed E-state index contributed by atoms with van der Waals surface area (Å²) in [5, 5.41) is 6.93. The molecule has 2 aromatic rings. The number of nitrogens with two attached hydrogens (primary N) is 1. The SMILES string of the molecule is NCCCC(=O)NCc1cccc(-n2cncn2)c1. The summed E-state index contributed by atoms with van der Waals surface area (Å²) in [6, 6.07) is 7.80. The van der Waals surface area contributed by atoms with Crippen LogP contribution >= 0.6 is 0 Å². The smallest absolute Gasteiger partial charge is 0.220 e. The van der Waals surface area contributed by atoms with Gasteiger partial charge in [-0.05, 0) is 30.7 Å². The number of hydrogen-bond donors (Lipinski definition) is 2. The van der Waals surface area contributed by atoms with Crippen LogP contribution in [0.25, 0.3) is 5.69 Å². The second-order valence-corrected chi connectivity index (χ2v) is 4.18. The van der Waals surface area contributed by atoms with Gasteiger partial charge in [0.1, 0.15) is 12.7 Å². The standard InChI is InChI=1S/C13H17N5O/c14-6-2-5-13(19)16-8-11-3-1-4-12(7-11)18-10-15-9-17-18/h1,3-4,7,9-10H,2,5-6,8,14H2,(H,16,19). The molecule has 6 heteroatoms. The molecule has 2 rings (SSSR count). The van der Waals surface area contributed by atoms with Crippen molar-refractivity contribution in [3.8, 4) is 5.69 Å². The first-order chi connectivity index (χ1) is 9.29. The number of carbonyl (C=O) groups excluding carboxylic acids is 1. The largest absolute Gasteiger partial charge is 0.352 e. The van der Waals surface area contributed by atoms with Crippen LogP contribution in [0, 0.1) is 0 Å². The van der Waals surface area contributed by atoms with Crippen molar-refractivity contribution in [2.45, 2.75) is 19.4 Å². The summed E-state index contributed by atoms with van der Waals surface area (Å²) in [5.74, 6) is 0.0246. The van der Waals surface area contributed by atoms with Crippen LogP contribution in [0.3, 0.4) is 0 Å². The Balaban J connectivity index is 1.94. The van der Waals surface area contributed by atoms with Gasteiger partial charge in [-0.1, -0.05) is 12.1 Å². The molecule has 100 valence electrons. The maximum atomic E-state index is 11.5. The minimum atomic E-state index is 0.0246. The van der Waals surface area contributed by atoms with Crippen LogP contribution in [0.15, 0.2) is 36.9 Å². The van der Waals surface area contributed by atoms with E-state index in [9.17, 15) is 4.79 Å². The van der Waals surface area contributed by atoms with Crippen molar-refractivity contribution in [3.63, 3.8) is 0 Å². The molecule has 1 aromatic carbocycles. The van der Waals surface area contributed by atoms with Crippen molar-refractivity contribution in [3.05, 3.63) is 42.5 Å². The second-order valence-electron chi connectivity index (χ2n) is 4.18. The van der Waals surface area contributed by atoms with Crippen LogP contribution in [0.2, 0.25) is 0 Å². The third kappa shape index (κ3) is 3.89. The third-order valence-electron chi connectivity index (χ3n) is 2.69. The molecule has 1 aromatic heterocycles. The van der Waals surface area contributed by atoms with E-state index in [2.05, 4.69) is 15.4 Å². The first-order valence-corrected chi connectivity index (χ1v) is 6.20. The number of benzene rings is 1. The van der Waals surface area contributed by atoms with Crippen LogP contribution in [-0.4, -0.2) is 27.2 Å². The Bertz CT molecular complexity index is 524. The van der Waals surface area contributed by atoms with E-state index in [0.717, 1.165) is 11.3 Å². The number of carbonyl (C=O) groups is 1. The third-order valence-corrected chi connectivity index (χ3v) is 2.69. The van der Waals surface area contributed by atoms with Gasteiger partial charge in [0.05, 0.1) is 5.69 Å². The monoisotopic (exact) mass is 259 g/mol. The number of nitrogens with one attached hydrogen (secondary N) is 1. The molecule has 3 N–H and O–H groups in total. The molecule has 6 nitrogen and oxygen atoms in total. The highest BCUT2D eigenvalue weighted by Gasteiger charge is 2.02. The van der Waals surface area contributed by atoms with Gasteiger partial charge >= 0.3 is 0 Å². The van der Waals surface area contributed by atoms with Crippen LogP contribution in [0.1, 0.15) is 18.4 Å².